The number of aromatic nitrogens is 3. The molecule has 0 aliphatic rings. The lowest BCUT2D eigenvalue weighted by molar-refractivity contribution is 0.0680. The second-order valence-corrected chi connectivity index (χ2v) is 2.78. The molecule has 2 rings (SSSR count). The van der Waals surface area contributed by atoms with Crippen molar-refractivity contribution in [3.8, 4) is 5.69 Å². The maximum absolute atomic E-state index is 12.6. The van der Waals surface area contributed by atoms with E-state index in [9.17, 15) is 9.18 Å². The van der Waals surface area contributed by atoms with E-state index in [1.54, 1.807) is 0 Å². The molecule has 6 heteroatoms. The molecule has 1 N–H and O–H groups in total. The van der Waals surface area contributed by atoms with Crippen molar-refractivity contribution < 1.29 is 14.3 Å². The van der Waals surface area contributed by atoms with E-state index in [-0.39, 0.29) is 5.82 Å². The molecule has 0 radical (unpaired) electrons. The normalized spacial score (nSPS) is 10.2. The predicted octanol–water partition coefficient (Wildman–Crippen LogP) is 1.10. The molecule has 5 nitrogen and oxygen atoms in total. The molecule has 0 spiro atoms. The minimum Gasteiger partial charge on any atom is -0.475 e. The number of rotatable bonds is 2. The van der Waals surface area contributed by atoms with Crippen molar-refractivity contribution in [2.75, 3.05) is 0 Å². The number of aromatic carboxylic acids is 1. The first-order valence-electron chi connectivity index (χ1n) is 4.08. The first kappa shape index (κ1) is 9.32. The maximum atomic E-state index is 12.6. The average molecular weight is 207 g/mol. The molecule has 0 saturated heterocycles. The molecule has 1 heterocycles. The minimum absolute atomic E-state index is 0.207. The van der Waals surface area contributed by atoms with Crippen LogP contribution in [0.2, 0.25) is 0 Å². The highest BCUT2D eigenvalue weighted by Crippen LogP contribution is 2.09. The summed E-state index contributed by atoms with van der Waals surface area (Å²) in [6.45, 7) is 0. The molecular weight excluding hydrogens is 201 g/mol. The van der Waals surface area contributed by atoms with Crippen molar-refractivity contribution in [1.82, 2.24) is 14.8 Å². The molecule has 2 aromatic rings. The Balaban J connectivity index is 2.49. The summed E-state index contributed by atoms with van der Waals surface area (Å²) in [5, 5.41) is 12.5. The molecule has 0 fully saturated rings. The molecule has 0 unspecified atom stereocenters. The van der Waals surface area contributed by atoms with Crippen LogP contribution in [0.5, 0.6) is 0 Å². The van der Waals surface area contributed by atoms with Crippen molar-refractivity contribution in [2.45, 2.75) is 0 Å². The number of nitrogens with zero attached hydrogens (tertiary/aromatic N) is 3. The number of carboxylic acids is 1. The van der Waals surface area contributed by atoms with E-state index in [0.717, 1.165) is 11.0 Å². The van der Waals surface area contributed by atoms with Crippen LogP contribution in [0.1, 0.15) is 10.6 Å². The fraction of sp³-hybridized carbons (Fsp3) is 0. The maximum Gasteiger partial charge on any atom is 0.374 e. The zero-order chi connectivity index (χ0) is 10.8. The lowest BCUT2D eigenvalue weighted by atomic mass is 10.3. The Hall–Kier alpha value is -2.24. The lowest BCUT2D eigenvalue weighted by Crippen LogP contribution is -2.09. The molecule has 0 atom stereocenters. The van der Waals surface area contributed by atoms with E-state index in [0.29, 0.717) is 5.69 Å². The third-order valence-electron chi connectivity index (χ3n) is 1.81. The topological polar surface area (TPSA) is 68.0 Å². The van der Waals surface area contributed by atoms with Gasteiger partial charge in [-0.3, -0.25) is 0 Å². The minimum atomic E-state index is -1.18. The summed E-state index contributed by atoms with van der Waals surface area (Å²) in [5.74, 6) is -1.78. The van der Waals surface area contributed by atoms with E-state index in [1.165, 1.54) is 24.3 Å². The number of carbonyl (C=O) groups is 1. The molecule has 1 aromatic carbocycles. The van der Waals surface area contributed by atoms with Gasteiger partial charge in [0.2, 0.25) is 5.82 Å². The lowest BCUT2D eigenvalue weighted by Gasteiger charge is -2.01. The SMILES string of the molecule is O=C(O)c1ncnn1-c1ccc(F)cc1. The number of hydrogen-bond acceptors (Lipinski definition) is 3. The molecular formula is C9H6FN3O2. The third kappa shape index (κ3) is 1.69. The quantitative estimate of drug-likeness (QED) is 0.800. The number of benzene rings is 1. The average Bonchev–Trinajstić information content (AvgIpc) is 2.67. The van der Waals surface area contributed by atoms with Crippen LogP contribution in [0, 0.1) is 5.82 Å². The van der Waals surface area contributed by atoms with Gasteiger partial charge >= 0.3 is 5.97 Å². The van der Waals surface area contributed by atoms with E-state index < -0.39 is 11.8 Å². The Labute approximate surface area is 83.8 Å². The fourth-order valence-corrected chi connectivity index (χ4v) is 1.16. The van der Waals surface area contributed by atoms with Gasteiger partial charge in [0.15, 0.2) is 0 Å². The number of carboxylic acid groups (broad SMARTS) is 1. The van der Waals surface area contributed by atoms with Crippen molar-refractivity contribution in [1.29, 1.82) is 0 Å². The first-order valence-corrected chi connectivity index (χ1v) is 4.08. The monoisotopic (exact) mass is 207 g/mol. The predicted molar refractivity (Wildman–Crippen MR) is 48.3 cm³/mol. The molecule has 0 aliphatic heterocycles. The van der Waals surface area contributed by atoms with Gasteiger partial charge in [0.25, 0.3) is 0 Å². The molecule has 0 aliphatic carbocycles. The highest BCUT2D eigenvalue weighted by molar-refractivity contribution is 5.83. The van der Waals surface area contributed by atoms with Crippen LogP contribution < -0.4 is 0 Å². The summed E-state index contributed by atoms with van der Waals surface area (Å²) in [7, 11) is 0. The third-order valence-corrected chi connectivity index (χ3v) is 1.81. The van der Waals surface area contributed by atoms with Gasteiger partial charge in [-0.05, 0) is 24.3 Å². The zero-order valence-corrected chi connectivity index (χ0v) is 7.46. The standard InChI is InChI=1S/C9H6FN3O2/c10-6-1-3-7(4-2-6)13-8(9(14)15)11-5-12-13/h1-5H,(H,14,15). The van der Waals surface area contributed by atoms with Crippen LogP contribution in [0.4, 0.5) is 4.39 Å². The summed E-state index contributed by atoms with van der Waals surface area (Å²) in [6.07, 6.45) is 1.13. The molecule has 76 valence electrons. The van der Waals surface area contributed by atoms with Crippen LogP contribution in [-0.2, 0) is 0 Å². The van der Waals surface area contributed by atoms with E-state index in [2.05, 4.69) is 10.1 Å². The summed E-state index contributed by atoms with van der Waals surface area (Å²) in [6, 6.07) is 5.30. The Bertz CT molecular complexity index is 492. The van der Waals surface area contributed by atoms with Crippen LogP contribution >= 0.6 is 0 Å². The highest BCUT2D eigenvalue weighted by Gasteiger charge is 2.13. The van der Waals surface area contributed by atoms with E-state index in [1.807, 2.05) is 0 Å². The van der Waals surface area contributed by atoms with Crippen molar-refractivity contribution in [3.63, 3.8) is 0 Å². The summed E-state index contributed by atoms with van der Waals surface area (Å²) in [4.78, 5) is 14.3. The van der Waals surface area contributed by atoms with Crippen LogP contribution in [0.25, 0.3) is 5.69 Å². The Morgan fingerprint density at radius 1 is 1.33 bits per heavy atom. The molecule has 0 amide bonds. The van der Waals surface area contributed by atoms with Gasteiger partial charge in [-0.25, -0.2) is 18.9 Å². The van der Waals surface area contributed by atoms with Crippen molar-refractivity contribution >= 4 is 5.97 Å². The van der Waals surface area contributed by atoms with Gasteiger partial charge in [0.1, 0.15) is 12.1 Å². The van der Waals surface area contributed by atoms with Gasteiger partial charge in [-0.2, -0.15) is 5.10 Å². The van der Waals surface area contributed by atoms with Gasteiger partial charge in [0, 0.05) is 0 Å². The Morgan fingerprint density at radius 3 is 2.60 bits per heavy atom. The largest absolute Gasteiger partial charge is 0.475 e. The summed E-state index contributed by atoms with van der Waals surface area (Å²) >= 11 is 0. The van der Waals surface area contributed by atoms with Crippen LogP contribution in [0.3, 0.4) is 0 Å². The fourth-order valence-electron chi connectivity index (χ4n) is 1.16. The van der Waals surface area contributed by atoms with Crippen molar-refractivity contribution in [2.24, 2.45) is 0 Å². The van der Waals surface area contributed by atoms with Gasteiger partial charge in [-0.15, -0.1) is 0 Å². The van der Waals surface area contributed by atoms with E-state index >= 15 is 0 Å². The summed E-state index contributed by atoms with van der Waals surface area (Å²) < 4.78 is 13.8. The first-order chi connectivity index (χ1) is 7.18. The van der Waals surface area contributed by atoms with Crippen molar-refractivity contribution in [3.05, 3.63) is 42.2 Å². The van der Waals surface area contributed by atoms with Gasteiger partial charge < -0.3 is 5.11 Å². The van der Waals surface area contributed by atoms with Gasteiger partial charge in [-0.1, -0.05) is 0 Å². The number of hydrogen-bond donors (Lipinski definition) is 1. The molecule has 15 heavy (non-hydrogen) atoms. The van der Waals surface area contributed by atoms with Gasteiger partial charge in [0.05, 0.1) is 5.69 Å². The smallest absolute Gasteiger partial charge is 0.374 e. The second-order valence-electron chi connectivity index (χ2n) is 2.78. The molecule has 1 aromatic heterocycles. The highest BCUT2D eigenvalue weighted by atomic mass is 19.1. The Morgan fingerprint density at radius 2 is 2.00 bits per heavy atom. The van der Waals surface area contributed by atoms with Crippen LogP contribution in [0.15, 0.2) is 30.6 Å². The summed E-state index contributed by atoms with van der Waals surface area (Å²) in [5.41, 5.74) is 0.450. The number of halogens is 1. The second kappa shape index (κ2) is 3.49. The van der Waals surface area contributed by atoms with Crippen LogP contribution in [-0.4, -0.2) is 25.8 Å². The van der Waals surface area contributed by atoms with E-state index in [4.69, 9.17) is 5.11 Å². The molecule has 0 bridgehead atoms. The Kier molecular flexibility index (Phi) is 2.17. The molecule has 0 saturated carbocycles. The zero-order valence-electron chi connectivity index (χ0n) is 7.46.